The Bertz CT molecular complexity index is 490. The Morgan fingerprint density at radius 3 is 2.70 bits per heavy atom. The third-order valence-corrected chi connectivity index (χ3v) is 3.31. The lowest BCUT2D eigenvalue weighted by Crippen LogP contribution is -2.32. The van der Waals surface area contributed by atoms with Crippen LogP contribution in [-0.2, 0) is 6.18 Å². The number of nitrogens with one attached hydrogen (secondary N) is 1. The highest BCUT2D eigenvalue weighted by molar-refractivity contribution is 5.77. The van der Waals surface area contributed by atoms with E-state index < -0.39 is 17.8 Å². The Kier molecular flexibility index (Phi) is 4.17. The molecule has 1 fully saturated rings. The summed E-state index contributed by atoms with van der Waals surface area (Å²) < 4.78 is 39.1. The number of rotatable bonds is 4. The smallest absolute Gasteiger partial charge is 0.336 e. The lowest BCUT2D eigenvalue weighted by atomic mass is 9.99. The van der Waals surface area contributed by atoms with Crippen molar-refractivity contribution < 1.29 is 18.0 Å². The van der Waals surface area contributed by atoms with Gasteiger partial charge in [-0.25, -0.2) is 4.79 Å². The third-order valence-electron chi connectivity index (χ3n) is 3.31. The van der Waals surface area contributed by atoms with Gasteiger partial charge in [-0.05, 0) is 24.6 Å². The number of alkyl halides is 3. The summed E-state index contributed by atoms with van der Waals surface area (Å²) in [5.74, 6) is 0. The summed E-state index contributed by atoms with van der Waals surface area (Å²) >= 11 is 0. The molecule has 0 radical (unpaired) electrons. The summed E-state index contributed by atoms with van der Waals surface area (Å²) in [6.45, 7) is 0.910. The molecule has 0 aromatic heterocycles. The molecule has 1 atom stereocenters. The molecule has 1 aliphatic heterocycles. The van der Waals surface area contributed by atoms with Crippen molar-refractivity contribution in [3.63, 3.8) is 0 Å². The van der Waals surface area contributed by atoms with Crippen LogP contribution in [0.15, 0.2) is 24.3 Å². The predicted octanol–water partition coefficient (Wildman–Crippen LogP) is 2.12. The van der Waals surface area contributed by atoms with E-state index in [2.05, 4.69) is 5.32 Å². The average molecular weight is 287 g/mol. The van der Waals surface area contributed by atoms with Crippen molar-refractivity contribution in [1.82, 2.24) is 10.2 Å². The Morgan fingerprint density at radius 2 is 2.05 bits per heavy atom. The number of carbonyl (C=O) groups excluding carboxylic acids is 1. The molecule has 7 heteroatoms. The summed E-state index contributed by atoms with van der Waals surface area (Å²) in [5, 5.41) is 2.58. The van der Waals surface area contributed by atoms with Gasteiger partial charge in [0.25, 0.3) is 0 Å². The van der Waals surface area contributed by atoms with Gasteiger partial charge in [-0.2, -0.15) is 13.2 Å². The number of hydrogen-bond acceptors (Lipinski definition) is 2. The van der Waals surface area contributed by atoms with Gasteiger partial charge in [-0.3, -0.25) is 0 Å². The molecule has 1 aliphatic rings. The Balaban J connectivity index is 2.33. The highest BCUT2D eigenvalue weighted by atomic mass is 19.4. The van der Waals surface area contributed by atoms with Crippen LogP contribution in [0.2, 0.25) is 0 Å². The van der Waals surface area contributed by atoms with Crippen molar-refractivity contribution >= 4 is 6.03 Å². The zero-order valence-corrected chi connectivity index (χ0v) is 10.8. The van der Waals surface area contributed by atoms with Gasteiger partial charge in [0.2, 0.25) is 0 Å². The monoisotopic (exact) mass is 287 g/mol. The summed E-state index contributed by atoms with van der Waals surface area (Å²) in [6, 6.07) is 4.41. The van der Waals surface area contributed by atoms with Crippen molar-refractivity contribution in [1.29, 1.82) is 0 Å². The summed E-state index contributed by atoms with van der Waals surface area (Å²) in [6.07, 6.45) is -3.88. The number of amides is 2. The molecule has 0 saturated carbocycles. The van der Waals surface area contributed by atoms with Crippen LogP contribution >= 0.6 is 0 Å². The molecule has 0 aliphatic carbocycles. The number of nitrogens with zero attached hydrogens (tertiary/aromatic N) is 1. The maximum absolute atomic E-state index is 13.0. The molecular formula is C13H16F3N3O. The predicted molar refractivity (Wildman–Crippen MR) is 68.0 cm³/mol. The van der Waals surface area contributed by atoms with Crippen LogP contribution in [0.1, 0.15) is 23.6 Å². The molecule has 1 saturated heterocycles. The van der Waals surface area contributed by atoms with Gasteiger partial charge in [-0.1, -0.05) is 18.2 Å². The van der Waals surface area contributed by atoms with Crippen molar-refractivity contribution in [3.8, 4) is 0 Å². The van der Waals surface area contributed by atoms with Gasteiger partial charge in [-0.15, -0.1) is 0 Å². The second-order valence-corrected chi connectivity index (χ2v) is 4.62. The summed E-state index contributed by atoms with van der Waals surface area (Å²) in [4.78, 5) is 13.1. The normalized spacial score (nSPS) is 19.3. The van der Waals surface area contributed by atoms with Crippen LogP contribution < -0.4 is 11.1 Å². The molecule has 2 rings (SSSR count). The Morgan fingerprint density at radius 1 is 1.35 bits per heavy atom. The first kappa shape index (κ1) is 14.6. The third kappa shape index (κ3) is 2.87. The first-order chi connectivity index (χ1) is 9.45. The zero-order valence-electron chi connectivity index (χ0n) is 10.8. The van der Waals surface area contributed by atoms with E-state index in [1.807, 2.05) is 0 Å². The molecule has 20 heavy (non-hydrogen) atoms. The highest BCUT2D eigenvalue weighted by Crippen LogP contribution is 2.37. The van der Waals surface area contributed by atoms with E-state index in [1.54, 1.807) is 6.07 Å². The number of nitrogens with two attached hydrogens (primary N) is 1. The van der Waals surface area contributed by atoms with E-state index in [1.165, 1.54) is 17.0 Å². The SMILES string of the molecule is NCCCN1C(=O)NCC1c1ccccc1C(F)(F)F. The van der Waals surface area contributed by atoms with E-state index in [4.69, 9.17) is 5.73 Å². The summed E-state index contributed by atoms with van der Waals surface area (Å²) in [7, 11) is 0. The minimum Gasteiger partial charge on any atom is -0.336 e. The molecule has 3 N–H and O–H groups in total. The van der Waals surface area contributed by atoms with E-state index in [0.717, 1.165) is 6.07 Å². The highest BCUT2D eigenvalue weighted by Gasteiger charge is 2.39. The Hall–Kier alpha value is -1.76. The molecule has 1 aromatic rings. The van der Waals surface area contributed by atoms with Gasteiger partial charge in [0.1, 0.15) is 0 Å². The first-order valence-corrected chi connectivity index (χ1v) is 6.36. The van der Waals surface area contributed by atoms with E-state index in [0.29, 0.717) is 19.5 Å². The van der Waals surface area contributed by atoms with E-state index in [-0.39, 0.29) is 18.1 Å². The van der Waals surface area contributed by atoms with Gasteiger partial charge in [0.05, 0.1) is 11.6 Å². The average Bonchev–Trinajstić information content (AvgIpc) is 2.76. The summed E-state index contributed by atoms with van der Waals surface area (Å²) in [5.41, 5.74) is 4.82. The number of benzene rings is 1. The van der Waals surface area contributed by atoms with Crippen LogP contribution in [0, 0.1) is 0 Å². The van der Waals surface area contributed by atoms with Gasteiger partial charge in [0.15, 0.2) is 0 Å². The molecule has 4 nitrogen and oxygen atoms in total. The second-order valence-electron chi connectivity index (χ2n) is 4.62. The van der Waals surface area contributed by atoms with E-state index >= 15 is 0 Å². The molecule has 0 spiro atoms. The largest absolute Gasteiger partial charge is 0.416 e. The fourth-order valence-electron chi connectivity index (χ4n) is 2.38. The van der Waals surface area contributed by atoms with Crippen LogP contribution in [0.3, 0.4) is 0 Å². The van der Waals surface area contributed by atoms with Crippen LogP contribution in [0.25, 0.3) is 0 Å². The van der Waals surface area contributed by atoms with Gasteiger partial charge < -0.3 is 16.0 Å². The fraction of sp³-hybridized carbons (Fsp3) is 0.462. The topological polar surface area (TPSA) is 58.4 Å². The lowest BCUT2D eigenvalue weighted by Gasteiger charge is -2.25. The molecule has 110 valence electrons. The van der Waals surface area contributed by atoms with E-state index in [9.17, 15) is 18.0 Å². The van der Waals surface area contributed by atoms with Gasteiger partial charge in [0, 0.05) is 13.1 Å². The Labute approximate surface area is 114 Å². The lowest BCUT2D eigenvalue weighted by molar-refractivity contribution is -0.138. The van der Waals surface area contributed by atoms with Crippen LogP contribution in [0.4, 0.5) is 18.0 Å². The minimum atomic E-state index is -4.43. The van der Waals surface area contributed by atoms with Crippen molar-refractivity contribution in [2.75, 3.05) is 19.6 Å². The number of halogens is 3. The van der Waals surface area contributed by atoms with Crippen molar-refractivity contribution in [2.24, 2.45) is 5.73 Å². The van der Waals surface area contributed by atoms with Gasteiger partial charge >= 0.3 is 12.2 Å². The maximum atomic E-state index is 13.0. The molecular weight excluding hydrogens is 271 g/mol. The molecule has 1 unspecified atom stereocenters. The molecule has 2 amide bonds. The van der Waals surface area contributed by atoms with Crippen molar-refractivity contribution in [2.45, 2.75) is 18.6 Å². The maximum Gasteiger partial charge on any atom is 0.416 e. The molecule has 1 aromatic carbocycles. The number of carbonyl (C=O) groups is 1. The van der Waals surface area contributed by atoms with Crippen LogP contribution in [-0.4, -0.2) is 30.6 Å². The van der Waals surface area contributed by atoms with Crippen molar-refractivity contribution in [3.05, 3.63) is 35.4 Å². The molecule has 0 bridgehead atoms. The van der Waals surface area contributed by atoms with Crippen LogP contribution in [0.5, 0.6) is 0 Å². The fourth-order valence-corrected chi connectivity index (χ4v) is 2.38. The zero-order chi connectivity index (χ0) is 14.8. The number of urea groups is 1. The standard InChI is InChI=1S/C13H16F3N3O/c14-13(15,16)10-5-2-1-4-9(10)11-8-18-12(20)19(11)7-3-6-17/h1-2,4-5,11H,3,6-8,17H2,(H,18,20). The number of hydrogen-bond donors (Lipinski definition) is 2. The quantitative estimate of drug-likeness (QED) is 0.891. The minimum absolute atomic E-state index is 0.121. The first-order valence-electron chi connectivity index (χ1n) is 6.36. The molecule has 1 heterocycles. The second kappa shape index (κ2) is 5.70.